The Morgan fingerprint density at radius 1 is 0.775 bits per heavy atom. The number of piperazine rings is 2. The molecule has 0 spiro atoms. The maximum atomic E-state index is 15.1. The maximum absolute atomic E-state index is 15.1. The third-order valence-electron chi connectivity index (χ3n) is 13.9. The van der Waals surface area contributed by atoms with E-state index in [1.54, 1.807) is 52.7 Å². The number of likely N-dealkylation sites (tertiary alicyclic amines) is 1. The van der Waals surface area contributed by atoms with Crippen LogP contribution in [0.25, 0.3) is 22.0 Å². The Hall–Kier alpha value is -7.15. The fraction of sp³-hybridized carbons (Fsp3) is 0.396. The van der Waals surface area contributed by atoms with E-state index in [0.29, 0.717) is 104 Å². The third-order valence-corrected chi connectivity index (χ3v) is 13.9. The number of aromatic amines is 1. The monoisotopic (exact) mass is 964 g/mol. The molecule has 6 aromatic rings. The van der Waals surface area contributed by atoms with E-state index in [-0.39, 0.29) is 41.1 Å². The minimum atomic E-state index is -0.612. The molecular formula is C53H61FN12O5. The Bertz CT molecular complexity index is 2950. The number of pyridine rings is 1. The van der Waals surface area contributed by atoms with Crippen LogP contribution < -0.4 is 16.2 Å². The van der Waals surface area contributed by atoms with Gasteiger partial charge in [0.15, 0.2) is 5.69 Å². The van der Waals surface area contributed by atoms with Crippen LogP contribution in [0.1, 0.15) is 63.0 Å². The number of anilines is 1. The summed E-state index contributed by atoms with van der Waals surface area (Å²) in [4.78, 5) is 85.6. The van der Waals surface area contributed by atoms with Crippen molar-refractivity contribution in [3.63, 3.8) is 0 Å². The first-order valence-corrected chi connectivity index (χ1v) is 24.6. The van der Waals surface area contributed by atoms with Crippen molar-refractivity contribution in [3.8, 4) is 11.3 Å². The van der Waals surface area contributed by atoms with Crippen LogP contribution in [0, 0.1) is 18.7 Å². The van der Waals surface area contributed by atoms with Gasteiger partial charge in [-0.3, -0.25) is 28.9 Å². The van der Waals surface area contributed by atoms with E-state index >= 15 is 4.39 Å². The third kappa shape index (κ3) is 11.9. The molecule has 0 saturated carbocycles. The van der Waals surface area contributed by atoms with Gasteiger partial charge in [0, 0.05) is 115 Å². The fourth-order valence-corrected chi connectivity index (χ4v) is 9.82. The number of rotatable bonds is 15. The quantitative estimate of drug-likeness (QED) is 0.132. The van der Waals surface area contributed by atoms with Gasteiger partial charge in [-0.1, -0.05) is 54.1 Å². The van der Waals surface area contributed by atoms with Gasteiger partial charge in [-0.2, -0.15) is 5.10 Å². The van der Waals surface area contributed by atoms with E-state index in [0.717, 1.165) is 63.2 Å². The summed E-state index contributed by atoms with van der Waals surface area (Å²) in [7, 11) is 0. The SMILES string of the molecule is CCn1cnc(-c2cnc(C(=O)N3CCC(CN4CCN(CC(=O)N5CCN(C(=O)c6cc(Cc7n[nH]c(=O)c8ccccc78)ccc6F)CC5)CC4)CC3)c(NC(=O)CNCc3cccc(C)c3)c2)c1. The number of nitrogens with one attached hydrogen (secondary N) is 3. The van der Waals surface area contributed by atoms with Crippen molar-refractivity contribution in [1.29, 1.82) is 0 Å². The van der Waals surface area contributed by atoms with E-state index < -0.39 is 11.7 Å². The zero-order valence-electron chi connectivity index (χ0n) is 40.4. The molecule has 0 atom stereocenters. The summed E-state index contributed by atoms with van der Waals surface area (Å²) in [6.45, 7) is 12.4. The number of fused-ring (bicyclic) bond motifs is 1. The highest BCUT2D eigenvalue weighted by molar-refractivity contribution is 6.03. The lowest BCUT2D eigenvalue weighted by molar-refractivity contribution is -0.134. The Kier molecular flexibility index (Phi) is 15.3. The molecule has 71 heavy (non-hydrogen) atoms. The molecule has 3 aliphatic heterocycles. The van der Waals surface area contributed by atoms with Crippen molar-refractivity contribution in [2.75, 3.05) is 90.4 Å². The number of carbonyl (C=O) groups excluding carboxylic acids is 4. The lowest BCUT2D eigenvalue weighted by atomic mass is 9.95. The van der Waals surface area contributed by atoms with E-state index in [1.165, 1.54) is 6.07 Å². The molecule has 6 heterocycles. The molecule has 3 aliphatic rings. The largest absolute Gasteiger partial charge is 0.338 e. The molecule has 3 aromatic carbocycles. The Labute approximate surface area is 412 Å². The normalized spacial score (nSPS) is 16.1. The van der Waals surface area contributed by atoms with Crippen molar-refractivity contribution in [1.82, 2.24) is 54.5 Å². The molecule has 0 aliphatic carbocycles. The topological polar surface area (TPSA) is 185 Å². The molecule has 0 radical (unpaired) electrons. The van der Waals surface area contributed by atoms with Gasteiger partial charge in [0.25, 0.3) is 17.4 Å². The fourth-order valence-electron chi connectivity index (χ4n) is 9.82. The summed E-state index contributed by atoms with van der Waals surface area (Å²) in [6, 6.07) is 21.5. The molecule has 17 nitrogen and oxygen atoms in total. The molecular weight excluding hydrogens is 904 g/mol. The number of H-pyrrole nitrogens is 1. The number of hydrogen-bond donors (Lipinski definition) is 3. The number of benzene rings is 3. The summed E-state index contributed by atoms with van der Waals surface area (Å²) in [5.74, 6) is -1.08. The van der Waals surface area contributed by atoms with Crippen LogP contribution >= 0.6 is 0 Å². The summed E-state index contributed by atoms with van der Waals surface area (Å²) in [5.41, 5.74) is 5.21. The van der Waals surface area contributed by atoms with Crippen LogP contribution in [0.5, 0.6) is 0 Å². The predicted molar refractivity (Wildman–Crippen MR) is 268 cm³/mol. The van der Waals surface area contributed by atoms with Gasteiger partial charge in [-0.15, -0.1) is 0 Å². The standard InChI is InChI=1S/C53H61FN12O5/c1-3-61-33-47(57-35-61)40-28-46(58-48(67)31-55-29-39-8-6-7-36(2)25-39)50(56-30-40)53(71)65-15-13-37(14-16-65)32-62-17-19-63(20-18-62)34-49(68)64-21-23-66(24-22-64)52(70)43-26-38(11-12-44(43)54)27-45-41-9-4-5-10-42(41)51(69)60-59-45/h4-12,25-26,28,30,33,35,37,55H,3,13-24,27,29,31-32,34H2,1-2H3,(H,58,67)(H,60,69). The number of nitrogens with zero attached hydrogens (tertiary/aromatic N) is 9. The predicted octanol–water partition coefficient (Wildman–Crippen LogP) is 4.42. The summed E-state index contributed by atoms with van der Waals surface area (Å²) < 4.78 is 17.1. The van der Waals surface area contributed by atoms with Crippen molar-refractivity contribution >= 4 is 40.1 Å². The van der Waals surface area contributed by atoms with E-state index in [9.17, 15) is 24.0 Å². The number of amides is 4. The van der Waals surface area contributed by atoms with Crippen LogP contribution in [0.3, 0.4) is 0 Å². The molecule has 3 saturated heterocycles. The van der Waals surface area contributed by atoms with Gasteiger partial charge in [0.1, 0.15) is 5.82 Å². The first-order chi connectivity index (χ1) is 34.5. The van der Waals surface area contributed by atoms with Crippen LogP contribution in [-0.4, -0.2) is 158 Å². The molecule has 3 fully saturated rings. The summed E-state index contributed by atoms with van der Waals surface area (Å²) in [5, 5.41) is 14.1. The minimum absolute atomic E-state index is 0.0188. The zero-order valence-corrected chi connectivity index (χ0v) is 40.4. The second kappa shape index (κ2) is 22.3. The number of piperidine rings is 1. The molecule has 0 unspecified atom stereocenters. The minimum Gasteiger partial charge on any atom is -0.338 e. The molecule has 18 heteroatoms. The number of halogens is 1. The van der Waals surface area contributed by atoms with E-state index in [4.69, 9.17) is 0 Å². The van der Waals surface area contributed by atoms with E-state index in [1.807, 2.05) is 59.8 Å². The molecule has 3 aromatic heterocycles. The van der Waals surface area contributed by atoms with Gasteiger partial charge in [0.2, 0.25) is 11.8 Å². The van der Waals surface area contributed by atoms with Gasteiger partial charge >= 0.3 is 0 Å². The second-order valence-electron chi connectivity index (χ2n) is 18.9. The summed E-state index contributed by atoms with van der Waals surface area (Å²) in [6.07, 6.45) is 7.31. The number of hydrogen-bond acceptors (Lipinski definition) is 11. The highest BCUT2D eigenvalue weighted by Crippen LogP contribution is 2.27. The number of carbonyl (C=O) groups is 4. The highest BCUT2D eigenvalue weighted by atomic mass is 19.1. The van der Waals surface area contributed by atoms with E-state index in [2.05, 4.69) is 46.7 Å². The number of aromatic nitrogens is 5. The molecule has 370 valence electrons. The summed E-state index contributed by atoms with van der Waals surface area (Å²) >= 11 is 0. The maximum Gasteiger partial charge on any atom is 0.274 e. The van der Waals surface area contributed by atoms with Gasteiger partial charge in [-0.05, 0) is 68.0 Å². The van der Waals surface area contributed by atoms with Crippen LogP contribution in [-0.2, 0) is 29.1 Å². The Balaban J connectivity index is 0.717. The van der Waals surface area contributed by atoms with Gasteiger partial charge in [0.05, 0.1) is 47.4 Å². The molecule has 3 N–H and O–H groups in total. The van der Waals surface area contributed by atoms with Gasteiger partial charge < -0.3 is 34.8 Å². The van der Waals surface area contributed by atoms with Crippen molar-refractivity contribution in [2.45, 2.75) is 46.2 Å². The number of aryl methyl sites for hydroxylation is 2. The van der Waals surface area contributed by atoms with Crippen molar-refractivity contribution < 1.29 is 23.6 Å². The zero-order chi connectivity index (χ0) is 49.4. The highest BCUT2D eigenvalue weighted by Gasteiger charge is 2.31. The van der Waals surface area contributed by atoms with Crippen LogP contribution in [0.15, 0.2) is 96.3 Å². The Morgan fingerprint density at radius 2 is 1.51 bits per heavy atom. The van der Waals surface area contributed by atoms with Crippen LogP contribution in [0.2, 0.25) is 0 Å². The molecule has 9 rings (SSSR count). The first-order valence-electron chi connectivity index (χ1n) is 24.6. The number of imidazole rings is 1. The van der Waals surface area contributed by atoms with Crippen molar-refractivity contribution in [3.05, 3.63) is 141 Å². The van der Waals surface area contributed by atoms with Crippen molar-refractivity contribution in [2.24, 2.45) is 5.92 Å². The molecule has 4 amide bonds. The second-order valence-corrected chi connectivity index (χ2v) is 18.9. The average Bonchev–Trinajstić information content (AvgIpc) is 3.88. The smallest absolute Gasteiger partial charge is 0.274 e. The lowest BCUT2D eigenvalue weighted by Gasteiger charge is -2.40. The van der Waals surface area contributed by atoms with Gasteiger partial charge in [-0.25, -0.2) is 19.5 Å². The lowest BCUT2D eigenvalue weighted by Crippen LogP contribution is -2.55. The Morgan fingerprint density at radius 3 is 2.25 bits per heavy atom. The first kappa shape index (κ1) is 48.9. The molecule has 0 bridgehead atoms. The van der Waals surface area contributed by atoms with Crippen LogP contribution in [0.4, 0.5) is 10.1 Å². The average molecular weight is 965 g/mol.